The number of aryl methyl sites for hydroxylation is 2. The maximum atomic E-state index is 12.5. The Hall–Kier alpha value is -2.97. The lowest BCUT2D eigenvalue weighted by molar-refractivity contribution is -0.114. The second-order valence-corrected chi connectivity index (χ2v) is 8.80. The summed E-state index contributed by atoms with van der Waals surface area (Å²) in [5, 5.41) is 14.2. The van der Waals surface area contributed by atoms with Gasteiger partial charge in [-0.3, -0.25) is 14.9 Å². The molecule has 31 heavy (non-hydrogen) atoms. The van der Waals surface area contributed by atoms with E-state index in [1.54, 1.807) is 6.08 Å². The van der Waals surface area contributed by atoms with Crippen molar-refractivity contribution in [3.8, 4) is 0 Å². The van der Waals surface area contributed by atoms with Crippen molar-refractivity contribution in [2.24, 2.45) is 0 Å². The van der Waals surface area contributed by atoms with Crippen molar-refractivity contribution < 1.29 is 9.59 Å². The first-order valence-electron chi connectivity index (χ1n) is 10.00. The van der Waals surface area contributed by atoms with Crippen LogP contribution in [0.15, 0.2) is 58.9 Å². The molecule has 3 rings (SSSR count). The van der Waals surface area contributed by atoms with E-state index in [2.05, 4.69) is 34.7 Å². The Kier molecular flexibility index (Phi) is 8.37. The number of para-hydroxylation sites is 1. The van der Waals surface area contributed by atoms with Gasteiger partial charge in [0.25, 0.3) is 0 Å². The Morgan fingerprint density at radius 1 is 0.968 bits per heavy atom. The minimum atomic E-state index is -0.280. The average Bonchev–Trinajstić information content (AvgIpc) is 3.24. The Balaban J connectivity index is 1.52. The molecule has 0 aliphatic carbocycles. The van der Waals surface area contributed by atoms with Crippen molar-refractivity contribution in [1.29, 1.82) is 0 Å². The standard InChI is InChI=1S/C23H24N4O2S2/c1-3-17-11-8-12-18(4-2)21(17)24-20(29)15-30-23-27-26-22(31-23)25-19(28)14-13-16-9-6-5-7-10-16/h5-14H,3-4,15H2,1-2H3,(H,24,29)(H,25,26,28). The molecule has 2 amide bonds. The number of amides is 2. The molecule has 0 saturated carbocycles. The number of nitrogens with zero attached hydrogens (tertiary/aromatic N) is 2. The van der Waals surface area contributed by atoms with Crippen molar-refractivity contribution in [1.82, 2.24) is 10.2 Å². The highest BCUT2D eigenvalue weighted by Crippen LogP contribution is 2.27. The molecule has 0 spiro atoms. The van der Waals surface area contributed by atoms with Crippen molar-refractivity contribution in [3.63, 3.8) is 0 Å². The molecule has 0 saturated heterocycles. The molecule has 6 nitrogen and oxygen atoms in total. The van der Waals surface area contributed by atoms with Crippen LogP contribution in [0.3, 0.4) is 0 Å². The zero-order valence-corrected chi connectivity index (χ0v) is 19.1. The molecule has 8 heteroatoms. The van der Waals surface area contributed by atoms with Gasteiger partial charge in [0.15, 0.2) is 4.34 Å². The fourth-order valence-electron chi connectivity index (χ4n) is 2.91. The van der Waals surface area contributed by atoms with Gasteiger partial charge in [-0.25, -0.2) is 0 Å². The van der Waals surface area contributed by atoms with E-state index < -0.39 is 0 Å². The first-order valence-corrected chi connectivity index (χ1v) is 11.8. The van der Waals surface area contributed by atoms with E-state index in [-0.39, 0.29) is 17.6 Å². The molecule has 160 valence electrons. The number of rotatable bonds is 9. The number of nitrogens with one attached hydrogen (secondary N) is 2. The van der Waals surface area contributed by atoms with Gasteiger partial charge in [-0.15, -0.1) is 10.2 Å². The summed E-state index contributed by atoms with van der Waals surface area (Å²) in [6.45, 7) is 4.15. The molecule has 0 atom stereocenters. The minimum Gasteiger partial charge on any atom is -0.325 e. The van der Waals surface area contributed by atoms with Crippen molar-refractivity contribution in [2.75, 3.05) is 16.4 Å². The van der Waals surface area contributed by atoms with E-state index in [1.807, 2.05) is 48.5 Å². The third kappa shape index (κ3) is 6.77. The molecule has 3 aromatic rings. The van der Waals surface area contributed by atoms with E-state index in [1.165, 1.54) is 29.2 Å². The molecule has 1 heterocycles. The topological polar surface area (TPSA) is 84.0 Å². The van der Waals surface area contributed by atoms with Gasteiger partial charge in [-0.1, -0.05) is 85.5 Å². The van der Waals surface area contributed by atoms with Crippen LogP contribution < -0.4 is 10.6 Å². The van der Waals surface area contributed by atoms with Crippen molar-refractivity contribution in [3.05, 3.63) is 71.3 Å². The predicted octanol–water partition coefficient (Wildman–Crippen LogP) is 5.05. The summed E-state index contributed by atoms with van der Waals surface area (Å²) in [6, 6.07) is 15.7. The Morgan fingerprint density at radius 2 is 1.68 bits per heavy atom. The second-order valence-electron chi connectivity index (χ2n) is 6.60. The third-order valence-corrected chi connectivity index (χ3v) is 6.43. The first kappa shape index (κ1) is 22.7. The lowest BCUT2D eigenvalue weighted by atomic mass is 10.0. The van der Waals surface area contributed by atoms with Crippen LogP contribution in [0, 0.1) is 0 Å². The zero-order valence-electron chi connectivity index (χ0n) is 17.4. The summed E-state index contributed by atoms with van der Waals surface area (Å²) in [6.07, 6.45) is 4.89. The maximum absolute atomic E-state index is 12.5. The number of carbonyl (C=O) groups is 2. The predicted molar refractivity (Wildman–Crippen MR) is 129 cm³/mol. The largest absolute Gasteiger partial charge is 0.325 e. The highest BCUT2D eigenvalue weighted by atomic mass is 32.2. The molecule has 2 aromatic carbocycles. The smallest absolute Gasteiger partial charge is 0.250 e. The molecule has 0 fully saturated rings. The number of hydrogen-bond acceptors (Lipinski definition) is 6. The van der Waals surface area contributed by atoms with E-state index in [0.29, 0.717) is 9.47 Å². The molecular weight excluding hydrogens is 428 g/mol. The van der Waals surface area contributed by atoms with Crippen LogP contribution >= 0.6 is 23.1 Å². The lowest BCUT2D eigenvalue weighted by Gasteiger charge is -2.14. The molecule has 1 aromatic heterocycles. The molecule has 0 unspecified atom stereocenters. The minimum absolute atomic E-state index is 0.0906. The number of hydrogen-bond donors (Lipinski definition) is 2. The third-order valence-electron chi connectivity index (χ3n) is 4.45. The number of thioether (sulfide) groups is 1. The first-order chi connectivity index (χ1) is 15.1. The van der Waals surface area contributed by atoms with Gasteiger partial charge < -0.3 is 5.32 Å². The van der Waals surface area contributed by atoms with Gasteiger partial charge in [0, 0.05) is 11.8 Å². The normalized spacial score (nSPS) is 10.9. The lowest BCUT2D eigenvalue weighted by Crippen LogP contribution is -2.16. The Bertz CT molecular complexity index is 1040. The van der Waals surface area contributed by atoms with Gasteiger partial charge in [0.05, 0.1) is 5.75 Å². The van der Waals surface area contributed by atoms with E-state index in [9.17, 15) is 9.59 Å². The van der Waals surface area contributed by atoms with Crippen LogP contribution in [0.2, 0.25) is 0 Å². The van der Waals surface area contributed by atoms with Crippen LogP contribution in [0.4, 0.5) is 10.8 Å². The quantitative estimate of drug-likeness (QED) is 0.270. The van der Waals surface area contributed by atoms with Gasteiger partial charge >= 0.3 is 0 Å². The van der Waals surface area contributed by atoms with Crippen LogP contribution in [0.1, 0.15) is 30.5 Å². The number of carbonyl (C=O) groups excluding carboxylic acids is 2. The summed E-state index contributed by atoms with van der Waals surface area (Å²) in [7, 11) is 0. The molecule has 0 aliphatic heterocycles. The summed E-state index contributed by atoms with van der Waals surface area (Å²) in [5.41, 5.74) is 4.10. The Morgan fingerprint density at radius 3 is 2.35 bits per heavy atom. The number of aromatic nitrogens is 2. The van der Waals surface area contributed by atoms with Crippen LogP contribution in [0.25, 0.3) is 6.08 Å². The summed E-state index contributed by atoms with van der Waals surface area (Å²) < 4.78 is 0.622. The molecule has 0 bridgehead atoms. The maximum Gasteiger partial charge on any atom is 0.250 e. The van der Waals surface area contributed by atoms with Crippen LogP contribution in [0.5, 0.6) is 0 Å². The summed E-state index contributed by atoms with van der Waals surface area (Å²) in [5.74, 6) is -0.151. The molecule has 0 radical (unpaired) electrons. The van der Waals surface area contributed by atoms with Crippen LogP contribution in [-0.4, -0.2) is 27.8 Å². The number of benzene rings is 2. The van der Waals surface area contributed by atoms with Gasteiger partial charge in [0.1, 0.15) is 0 Å². The van der Waals surface area contributed by atoms with Gasteiger partial charge in [-0.2, -0.15) is 0 Å². The van der Waals surface area contributed by atoms with Crippen molar-refractivity contribution >= 4 is 51.8 Å². The fourth-order valence-corrected chi connectivity index (χ4v) is 4.46. The fraction of sp³-hybridized carbons (Fsp3) is 0.217. The summed E-state index contributed by atoms with van der Waals surface area (Å²) in [4.78, 5) is 24.5. The molecule has 2 N–H and O–H groups in total. The van der Waals surface area contributed by atoms with E-state index in [0.717, 1.165) is 35.2 Å². The van der Waals surface area contributed by atoms with Gasteiger partial charge in [0.2, 0.25) is 16.9 Å². The molecular formula is C23H24N4O2S2. The molecule has 0 aliphatic rings. The number of anilines is 2. The highest BCUT2D eigenvalue weighted by Gasteiger charge is 2.13. The van der Waals surface area contributed by atoms with Gasteiger partial charge in [-0.05, 0) is 35.6 Å². The summed E-state index contributed by atoms with van der Waals surface area (Å²) >= 11 is 2.54. The van der Waals surface area contributed by atoms with Crippen LogP contribution in [-0.2, 0) is 22.4 Å². The van der Waals surface area contributed by atoms with E-state index in [4.69, 9.17) is 0 Å². The zero-order chi connectivity index (χ0) is 22.1. The second kappa shape index (κ2) is 11.4. The average molecular weight is 453 g/mol. The monoisotopic (exact) mass is 452 g/mol. The highest BCUT2D eigenvalue weighted by molar-refractivity contribution is 8.01. The van der Waals surface area contributed by atoms with E-state index >= 15 is 0 Å². The van der Waals surface area contributed by atoms with Crippen molar-refractivity contribution in [2.45, 2.75) is 31.0 Å². The Labute approximate surface area is 190 Å². The SMILES string of the molecule is CCc1cccc(CC)c1NC(=O)CSc1nnc(NC(=O)C=Cc2ccccc2)s1.